The fourth-order valence-electron chi connectivity index (χ4n) is 2.50. The Morgan fingerprint density at radius 1 is 1.09 bits per heavy atom. The van der Waals surface area contributed by atoms with Gasteiger partial charge in [0.25, 0.3) is 5.91 Å². The highest BCUT2D eigenvalue weighted by Gasteiger charge is 2.22. The van der Waals surface area contributed by atoms with Crippen LogP contribution >= 0.6 is 11.6 Å². The molecular weight excluding hydrogens is 468 g/mol. The lowest BCUT2D eigenvalue weighted by Gasteiger charge is -2.12. The van der Waals surface area contributed by atoms with E-state index < -0.39 is 61.6 Å². The van der Waals surface area contributed by atoms with E-state index in [-0.39, 0.29) is 12.1 Å². The van der Waals surface area contributed by atoms with E-state index in [4.69, 9.17) is 21.8 Å². The van der Waals surface area contributed by atoms with E-state index in [1.54, 1.807) is 0 Å². The molecule has 0 spiro atoms. The number of hydrogen-bond donors (Lipinski definition) is 5. The summed E-state index contributed by atoms with van der Waals surface area (Å²) in [4.78, 5) is 44.3. The number of carboxylic acids is 2. The lowest BCUT2D eigenvalue weighted by atomic mass is 10.1. The Kier molecular flexibility index (Phi) is 7.92. The van der Waals surface area contributed by atoms with Crippen molar-refractivity contribution < 1.29 is 42.9 Å². The lowest BCUT2D eigenvalue weighted by molar-refractivity contribution is -0.138. The van der Waals surface area contributed by atoms with Crippen molar-refractivity contribution in [2.24, 2.45) is 0 Å². The second-order valence-corrected chi connectivity index (χ2v) is 8.62. The second kappa shape index (κ2) is 10.2. The van der Waals surface area contributed by atoms with E-state index in [0.29, 0.717) is 11.8 Å². The number of hydrogen-bond acceptors (Lipinski definition) is 7. The smallest absolute Gasteiger partial charge is 0.339 e. The second-order valence-electron chi connectivity index (χ2n) is 6.44. The third-order valence-corrected chi connectivity index (χ3v) is 5.80. The van der Waals surface area contributed by atoms with Gasteiger partial charge in [-0.3, -0.25) is 9.59 Å². The Balaban J connectivity index is 2.10. The van der Waals surface area contributed by atoms with Crippen molar-refractivity contribution in [2.75, 3.05) is 0 Å². The number of aldehydes is 1. The van der Waals surface area contributed by atoms with Crippen LogP contribution < -0.4 is 10.0 Å². The van der Waals surface area contributed by atoms with Gasteiger partial charge in [-0.15, -0.1) is 0 Å². The maximum Gasteiger partial charge on any atom is 0.339 e. The zero-order chi connectivity index (χ0) is 24.1. The van der Waals surface area contributed by atoms with E-state index in [2.05, 4.69) is 10.0 Å². The van der Waals surface area contributed by atoms with Gasteiger partial charge in [-0.05, 0) is 29.8 Å². The number of carbonyl (C=O) groups is 4. The Morgan fingerprint density at radius 2 is 1.72 bits per heavy atom. The molecule has 1 atom stereocenters. The van der Waals surface area contributed by atoms with E-state index in [1.165, 1.54) is 24.3 Å². The van der Waals surface area contributed by atoms with Crippen molar-refractivity contribution in [2.45, 2.75) is 23.9 Å². The molecule has 0 saturated carbocycles. The number of phenols is 1. The Morgan fingerprint density at radius 3 is 2.25 bits per heavy atom. The van der Waals surface area contributed by atoms with Crippen molar-refractivity contribution in [3.63, 3.8) is 0 Å². The number of aliphatic carboxylic acids is 1. The van der Waals surface area contributed by atoms with Crippen LogP contribution in [0.25, 0.3) is 0 Å². The van der Waals surface area contributed by atoms with Crippen molar-refractivity contribution in [3.8, 4) is 5.75 Å². The molecule has 0 aliphatic carbocycles. The van der Waals surface area contributed by atoms with E-state index in [0.717, 1.165) is 12.1 Å². The number of carbonyl (C=O) groups excluding carboxylic acids is 2. The van der Waals surface area contributed by atoms with Crippen LogP contribution in [0.4, 0.5) is 0 Å². The van der Waals surface area contributed by atoms with Gasteiger partial charge >= 0.3 is 11.9 Å². The molecule has 5 N–H and O–H groups in total. The number of amides is 1. The summed E-state index contributed by atoms with van der Waals surface area (Å²) in [7, 11) is -4.19. The van der Waals surface area contributed by atoms with Crippen LogP contribution in [0.3, 0.4) is 0 Å². The average molecular weight is 485 g/mol. The van der Waals surface area contributed by atoms with Crippen molar-refractivity contribution in [1.82, 2.24) is 10.0 Å². The largest absolute Gasteiger partial charge is 0.505 e. The molecular formula is C19H17ClN2O9S. The minimum atomic E-state index is -4.19. The molecule has 0 unspecified atom stereocenters. The maximum atomic E-state index is 12.5. The molecule has 170 valence electrons. The minimum Gasteiger partial charge on any atom is -0.505 e. The normalized spacial score (nSPS) is 12.0. The molecule has 2 aromatic rings. The van der Waals surface area contributed by atoms with Gasteiger partial charge < -0.3 is 25.4 Å². The molecule has 0 aliphatic heterocycles. The number of nitrogens with one attached hydrogen (secondary N) is 2. The van der Waals surface area contributed by atoms with Crippen LogP contribution in [0.15, 0.2) is 41.3 Å². The first-order valence-corrected chi connectivity index (χ1v) is 10.6. The minimum absolute atomic E-state index is 0.116. The molecule has 0 radical (unpaired) electrons. The monoisotopic (exact) mass is 484 g/mol. The van der Waals surface area contributed by atoms with Crippen LogP contribution in [0.5, 0.6) is 5.75 Å². The van der Waals surface area contributed by atoms with Crippen molar-refractivity contribution in [3.05, 3.63) is 58.1 Å². The molecule has 0 aliphatic rings. The van der Waals surface area contributed by atoms with Gasteiger partial charge in [0.05, 0.1) is 22.4 Å². The van der Waals surface area contributed by atoms with E-state index in [9.17, 15) is 32.7 Å². The topological polar surface area (TPSA) is 187 Å². The van der Waals surface area contributed by atoms with E-state index >= 15 is 0 Å². The summed E-state index contributed by atoms with van der Waals surface area (Å²) in [5, 5.41) is 29.2. The van der Waals surface area contributed by atoms with Crippen molar-refractivity contribution in [1.29, 1.82) is 0 Å². The number of aromatic hydroxyl groups is 1. The molecule has 0 saturated heterocycles. The molecule has 0 bridgehead atoms. The number of aromatic carboxylic acids is 1. The van der Waals surface area contributed by atoms with Crippen LogP contribution in [0.2, 0.25) is 5.02 Å². The third-order valence-electron chi connectivity index (χ3n) is 4.14. The summed E-state index contributed by atoms with van der Waals surface area (Å²) in [5.74, 6) is -4.26. The van der Waals surface area contributed by atoms with Gasteiger partial charge in [-0.2, -0.15) is 0 Å². The molecule has 1 amide bonds. The first kappa shape index (κ1) is 24.8. The molecule has 11 nitrogen and oxygen atoms in total. The summed E-state index contributed by atoms with van der Waals surface area (Å²) >= 11 is 5.71. The predicted octanol–water partition coefficient (Wildman–Crippen LogP) is 0.994. The Hall–Kier alpha value is -3.48. The predicted molar refractivity (Wildman–Crippen MR) is 110 cm³/mol. The third kappa shape index (κ3) is 6.26. The maximum absolute atomic E-state index is 12.5. The fraction of sp³-hybridized carbons (Fsp3) is 0.158. The van der Waals surface area contributed by atoms with Crippen LogP contribution in [0.1, 0.15) is 32.7 Å². The molecule has 0 aromatic heterocycles. The van der Waals surface area contributed by atoms with Gasteiger partial charge in [-0.25, -0.2) is 17.9 Å². The molecule has 2 rings (SSSR count). The van der Waals surface area contributed by atoms with Crippen LogP contribution in [-0.2, 0) is 26.2 Å². The van der Waals surface area contributed by atoms with Gasteiger partial charge in [0.15, 0.2) is 0 Å². The number of carboxylic acid groups (broad SMARTS) is 2. The molecule has 2 aromatic carbocycles. The molecule has 32 heavy (non-hydrogen) atoms. The van der Waals surface area contributed by atoms with Gasteiger partial charge in [-0.1, -0.05) is 23.7 Å². The summed E-state index contributed by atoms with van der Waals surface area (Å²) in [6.07, 6.45) is -0.263. The fourth-order valence-corrected chi connectivity index (χ4v) is 3.85. The standard InChI is InChI=1S/C19H17ClN2O9S/c20-15-7-13(6-14(17(15)26)19(28)29)32(30,31)21-8-10-1-3-11(4-2-10)18(27)22-12(9-23)5-16(24)25/h1-4,6-7,9,12,21,26H,5,8H2,(H,22,27)(H,24,25)(H,28,29)/t12-/m0/s1. The van der Waals surface area contributed by atoms with Crippen molar-refractivity contribution >= 4 is 45.8 Å². The summed E-state index contributed by atoms with van der Waals surface area (Å²) in [5.41, 5.74) is -0.124. The SMILES string of the molecule is O=C[C@H](CC(=O)O)NC(=O)c1ccc(CNS(=O)(=O)c2cc(Cl)c(O)c(C(=O)O)c2)cc1. The number of halogens is 1. The highest BCUT2D eigenvalue weighted by Crippen LogP contribution is 2.30. The summed E-state index contributed by atoms with van der Waals surface area (Å²) in [6.45, 7) is -0.221. The van der Waals surface area contributed by atoms with Gasteiger partial charge in [0.2, 0.25) is 10.0 Å². The highest BCUT2D eigenvalue weighted by molar-refractivity contribution is 7.89. The van der Waals surface area contributed by atoms with Crippen LogP contribution in [-0.4, -0.2) is 53.9 Å². The van der Waals surface area contributed by atoms with Crippen LogP contribution in [0, 0.1) is 0 Å². The number of sulfonamides is 1. The first-order chi connectivity index (χ1) is 14.9. The summed E-state index contributed by atoms with van der Waals surface area (Å²) < 4.78 is 27.2. The van der Waals surface area contributed by atoms with E-state index in [1.807, 2.05) is 0 Å². The molecule has 0 heterocycles. The molecule has 13 heteroatoms. The quantitative estimate of drug-likeness (QED) is 0.306. The number of benzene rings is 2. The zero-order valence-electron chi connectivity index (χ0n) is 16.1. The average Bonchev–Trinajstić information content (AvgIpc) is 2.73. The van der Waals surface area contributed by atoms with Gasteiger partial charge in [0, 0.05) is 12.1 Å². The molecule has 0 fully saturated rings. The van der Waals surface area contributed by atoms with Gasteiger partial charge in [0.1, 0.15) is 17.6 Å². The lowest BCUT2D eigenvalue weighted by Crippen LogP contribution is -2.37. The highest BCUT2D eigenvalue weighted by atomic mass is 35.5. The number of rotatable bonds is 10. The zero-order valence-corrected chi connectivity index (χ0v) is 17.7. The Labute approximate surface area is 186 Å². The Bertz CT molecular complexity index is 1160. The summed E-state index contributed by atoms with van der Waals surface area (Å²) in [6, 6.07) is 6.02. The first-order valence-electron chi connectivity index (χ1n) is 8.77.